The number of nitrogens with zero attached hydrogens (tertiary/aromatic N) is 2. The number of fused-ring (bicyclic) bond motifs is 11. The molecule has 1 aliphatic rings. The van der Waals surface area contributed by atoms with Crippen LogP contribution in [0.25, 0.3) is 109 Å². The number of aryl methyl sites for hydroxylation is 3. The zero-order valence-electron chi connectivity index (χ0n) is 42.1. The topological polar surface area (TPSA) is 32.8 Å². The van der Waals surface area contributed by atoms with Crippen molar-refractivity contribution in [3.05, 3.63) is 204 Å². The molecular weight excluding hydrogens is 889 g/mol. The number of hydrogen-bond acceptors (Lipinski definition) is 4. The van der Waals surface area contributed by atoms with Crippen molar-refractivity contribution in [2.45, 2.75) is 60.3 Å². The van der Waals surface area contributed by atoms with Crippen LogP contribution in [0.5, 0.6) is 0 Å². The van der Waals surface area contributed by atoms with E-state index in [9.17, 15) is 0 Å². The van der Waals surface area contributed by atoms with Crippen LogP contribution in [-0.4, -0.2) is 0 Å². The van der Waals surface area contributed by atoms with Crippen molar-refractivity contribution < 1.29 is 8.83 Å². The predicted octanol–water partition coefficient (Wildman–Crippen LogP) is 20.8. The van der Waals surface area contributed by atoms with E-state index in [1.54, 1.807) is 0 Å². The highest BCUT2D eigenvalue weighted by Gasteiger charge is 2.35. The highest BCUT2D eigenvalue weighted by atomic mass is 16.3. The lowest BCUT2D eigenvalue weighted by Gasteiger charge is -2.37. The smallest absolute Gasteiger partial charge is 0.159 e. The Bertz CT molecular complexity index is 4680. The fraction of sp³-hybridized carbons (Fsp3) is 0.130. The lowest BCUT2D eigenvalue weighted by atomic mass is 9.79. The molecule has 4 heteroatoms. The lowest BCUT2D eigenvalue weighted by molar-refractivity contribution is 0.669. The van der Waals surface area contributed by atoms with Crippen molar-refractivity contribution in [3.8, 4) is 11.1 Å². The summed E-state index contributed by atoms with van der Waals surface area (Å²) >= 11 is 0. The van der Waals surface area contributed by atoms with Gasteiger partial charge in [0, 0.05) is 54.0 Å². The second-order valence-electron chi connectivity index (χ2n) is 21.4. The molecule has 0 saturated carbocycles. The van der Waals surface area contributed by atoms with E-state index in [4.69, 9.17) is 8.83 Å². The zero-order chi connectivity index (χ0) is 49.1. The van der Waals surface area contributed by atoms with Crippen LogP contribution in [0, 0.1) is 20.8 Å². The number of hydrogen-bond donors (Lipinski definition) is 0. The summed E-state index contributed by atoms with van der Waals surface area (Å²) in [5, 5.41) is 17.0. The molecule has 0 amide bonds. The maximum atomic E-state index is 7.00. The van der Waals surface area contributed by atoms with Gasteiger partial charge in [0.05, 0.1) is 34.1 Å². The Morgan fingerprint density at radius 1 is 0.397 bits per heavy atom. The summed E-state index contributed by atoms with van der Waals surface area (Å²) in [5.74, 6) is 0.431. The Morgan fingerprint density at radius 2 is 1.00 bits per heavy atom. The average Bonchev–Trinajstić information content (AvgIpc) is 4.00. The number of anilines is 6. The molecule has 4 nitrogen and oxygen atoms in total. The summed E-state index contributed by atoms with van der Waals surface area (Å²) in [6.45, 7) is 16.1. The van der Waals surface area contributed by atoms with Crippen LogP contribution in [0.2, 0.25) is 0 Å². The maximum Gasteiger partial charge on any atom is 0.159 e. The molecule has 12 aromatic carbocycles. The molecule has 0 spiro atoms. The third kappa shape index (κ3) is 5.83. The van der Waals surface area contributed by atoms with Gasteiger partial charge in [-0.1, -0.05) is 160 Å². The number of furan rings is 2. The molecule has 0 aliphatic carbocycles. The molecule has 0 radical (unpaired) electrons. The molecule has 3 heterocycles. The molecule has 0 N–H and O–H groups in total. The molecule has 0 fully saturated rings. The van der Waals surface area contributed by atoms with Crippen molar-refractivity contribution in [2.24, 2.45) is 0 Å². The van der Waals surface area contributed by atoms with E-state index in [0.717, 1.165) is 66.6 Å². The Morgan fingerprint density at radius 3 is 1.74 bits per heavy atom. The van der Waals surface area contributed by atoms with Crippen molar-refractivity contribution in [1.29, 1.82) is 0 Å². The Labute approximate surface area is 423 Å². The maximum absolute atomic E-state index is 7.00. The van der Waals surface area contributed by atoms with Crippen molar-refractivity contribution in [1.82, 2.24) is 0 Å². The van der Waals surface area contributed by atoms with E-state index < -0.39 is 0 Å². The summed E-state index contributed by atoms with van der Waals surface area (Å²) in [6.07, 6.45) is 0. The second-order valence-corrected chi connectivity index (χ2v) is 21.4. The first-order chi connectivity index (χ1) is 35.6. The van der Waals surface area contributed by atoms with Crippen molar-refractivity contribution in [3.63, 3.8) is 0 Å². The molecule has 0 saturated heterocycles. The van der Waals surface area contributed by atoms with Gasteiger partial charge in [-0.3, -0.25) is 0 Å². The van der Waals surface area contributed by atoms with Gasteiger partial charge in [0.2, 0.25) is 0 Å². The van der Waals surface area contributed by atoms with E-state index in [0.29, 0.717) is 0 Å². The molecule has 350 valence electrons. The average molecular weight is 941 g/mol. The van der Waals surface area contributed by atoms with Gasteiger partial charge >= 0.3 is 0 Å². The Balaban J connectivity index is 1.13. The third-order valence-electron chi connectivity index (χ3n) is 16.2. The summed E-state index contributed by atoms with van der Waals surface area (Å²) in [4.78, 5) is 5.11. The van der Waals surface area contributed by atoms with Crippen LogP contribution in [-0.2, 0) is 0 Å². The van der Waals surface area contributed by atoms with Crippen molar-refractivity contribution in [2.75, 3.05) is 9.80 Å². The molecule has 14 aromatic rings. The lowest BCUT2D eigenvalue weighted by Crippen LogP contribution is -2.17. The minimum absolute atomic E-state index is 0.198. The summed E-state index contributed by atoms with van der Waals surface area (Å²) < 4.78 is 14.0. The fourth-order valence-corrected chi connectivity index (χ4v) is 12.9. The first kappa shape index (κ1) is 42.1. The van der Waals surface area contributed by atoms with Crippen LogP contribution in [0.3, 0.4) is 0 Å². The zero-order valence-corrected chi connectivity index (χ0v) is 42.1. The molecule has 0 unspecified atom stereocenters. The van der Waals surface area contributed by atoms with Crippen LogP contribution >= 0.6 is 0 Å². The van der Waals surface area contributed by atoms with E-state index in [1.807, 2.05) is 0 Å². The highest BCUT2D eigenvalue weighted by Crippen LogP contribution is 2.60. The standard InChI is InChI=1S/C69H52N2O2/c1-37(2)51-36-60-64-55(47-29-28-43-26-23-40(6)33-54(43)67(47)71(60)58-19-13-17-49-45-15-9-11-21-62(45)73-69(49)58)34-56-52(38(3)4)35-59(50-31-30-46(51)65(64)63(50)56)70(66-41(7)24-27-42-25-22-39(5)32-53(42)66)57-18-12-16-48-44-14-8-10-20-61(44)72-68(48)57/h8-38H,1-7H3. The predicted molar refractivity (Wildman–Crippen MR) is 310 cm³/mol. The molecular formula is C69H52N2O2. The van der Waals surface area contributed by atoms with E-state index >= 15 is 0 Å². The summed E-state index contributed by atoms with van der Waals surface area (Å²) in [6, 6.07) is 65.7. The van der Waals surface area contributed by atoms with E-state index in [1.165, 1.54) is 104 Å². The molecule has 0 bridgehead atoms. The third-order valence-corrected chi connectivity index (χ3v) is 16.2. The van der Waals surface area contributed by atoms with Gasteiger partial charge in [0.1, 0.15) is 11.2 Å². The minimum Gasteiger partial charge on any atom is -0.454 e. The van der Waals surface area contributed by atoms with E-state index in [-0.39, 0.29) is 11.8 Å². The molecule has 1 aliphatic heterocycles. The molecule has 73 heavy (non-hydrogen) atoms. The van der Waals surface area contributed by atoms with Crippen LogP contribution in [0.1, 0.15) is 67.3 Å². The van der Waals surface area contributed by atoms with E-state index in [2.05, 4.69) is 234 Å². The van der Waals surface area contributed by atoms with Gasteiger partial charge in [-0.2, -0.15) is 0 Å². The first-order valence-electron chi connectivity index (χ1n) is 25.9. The Kier molecular flexibility index (Phi) is 8.77. The van der Waals surface area contributed by atoms with Gasteiger partial charge < -0.3 is 18.6 Å². The van der Waals surface area contributed by atoms with Crippen LogP contribution < -0.4 is 9.80 Å². The van der Waals surface area contributed by atoms with Gasteiger partial charge in [-0.05, 0) is 136 Å². The second kappa shape index (κ2) is 15.2. The van der Waals surface area contributed by atoms with Crippen LogP contribution in [0.4, 0.5) is 34.1 Å². The Hall–Kier alpha value is -8.60. The molecule has 0 atom stereocenters. The van der Waals surface area contributed by atoms with Crippen LogP contribution in [0.15, 0.2) is 185 Å². The summed E-state index contributed by atoms with van der Waals surface area (Å²) in [7, 11) is 0. The number of rotatable bonds is 6. The largest absolute Gasteiger partial charge is 0.454 e. The minimum atomic E-state index is 0.198. The van der Waals surface area contributed by atoms with Gasteiger partial charge in [-0.15, -0.1) is 0 Å². The summed E-state index contributed by atoms with van der Waals surface area (Å²) in [5.41, 5.74) is 19.0. The molecule has 15 rings (SSSR count). The van der Waals surface area contributed by atoms with Crippen molar-refractivity contribution >= 4 is 132 Å². The first-order valence-corrected chi connectivity index (χ1v) is 25.9. The highest BCUT2D eigenvalue weighted by molar-refractivity contribution is 6.35. The number of para-hydroxylation sites is 4. The SMILES string of the molecule is Cc1ccc2ccc(C)c(N(c3cc(C(C)C)c4cc5c6c(cc(C(C)C)c7ccc3c4c76)N(c3cccc4c3oc3ccccc34)c3c-5ccc4ccc(C)cc34)c3cccc4c3oc3ccccc34)c2c1. The normalized spacial score (nSPS) is 12.8. The van der Waals surface area contributed by atoms with Gasteiger partial charge in [-0.25, -0.2) is 0 Å². The number of benzene rings is 12. The molecule has 2 aromatic heterocycles. The quantitative estimate of drug-likeness (QED) is 0.156. The van der Waals surface area contributed by atoms with Gasteiger partial charge in [0.15, 0.2) is 11.2 Å². The fourth-order valence-electron chi connectivity index (χ4n) is 12.9. The monoisotopic (exact) mass is 940 g/mol. The van der Waals surface area contributed by atoms with Gasteiger partial charge in [0.25, 0.3) is 0 Å².